The van der Waals surface area contributed by atoms with Crippen molar-refractivity contribution < 1.29 is 4.79 Å². The summed E-state index contributed by atoms with van der Waals surface area (Å²) in [5, 5.41) is 4.63. The summed E-state index contributed by atoms with van der Waals surface area (Å²) in [6, 6.07) is 15.3. The van der Waals surface area contributed by atoms with Gasteiger partial charge in [-0.3, -0.25) is 14.8 Å². The van der Waals surface area contributed by atoms with E-state index in [9.17, 15) is 4.79 Å². The number of amides is 1. The Hall–Kier alpha value is -3.18. The van der Waals surface area contributed by atoms with Crippen LogP contribution in [0.15, 0.2) is 67.1 Å². The third-order valence-corrected chi connectivity index (χ3v) is 4.80. The van der Waals surface area contributed by atoms with E-state index in [0.29, 0.717) is 23.6 Å². The van der Waals surface area contributed by atoms with E-state index >= 15 is 0 Å². The highest BCUT2D eigenvalue weighted by molar-refractivity contribution is 6.31. The first-order chi connectivity index (χ1) is 13.7. The van der Waals surface area contributed by atoms with E-state index < -0.39 is 0 Å². The first-order valence-electron chi connectivity index (χ1n) is 9.12. The molecule has 28 heavy (non-hydrogen) atoms. The molecule has 0 saturated heterocycles. The lowest BCUT2D eigenvalue weighted by molar-refractivity contribution is -0.116. The van der Waals surface area contributed by atoms with Crippen molar-refractivity contribution in [2.24, 2.45) is 0 Å². The summed E-state index contributed by atoms with van der Waals surface area (Å²) in [4.78, 5) is 24.2. The maximum absolute atomic E-state index is 12.2. The topological polar surface area (TPSA) is 70.7 Å². The van der Waals surface area contributed by atoms with Crippen LogP contribution < -0.4 is 5.32 Å². The number of anilines is 1. The quantitative estimate of drug-likeness (QED) is 0.473. The third-order valence-electron chi connectivity index (χ3n) is 4.57. The van der Waals surface area contributed by atoms with Gasteiger partial charge >= 0.3 is 0 Å². The Kier molecular flexibility index (Phi) is 5.35. The van der Waals surface area contributed by atoms with Crippen LogP contribution in [-0.2, 0) is 11.2 Å². The molecule has 1 aromatic carbocycles. The number of carbonyl (C=O) groups excluding carboxylic acids is 1. The highest BCUT2D eigenvalue weighted by atomic mass is 35.5. The number of pyridine rings is 2. The molecule has 0 radical (unpaired) electrons. The van der Waals surface area contributed by atoms with Gasteiger partial charge < -0.3 is 10.3 Å². The van der Waals surface area contributed by atoms with E-state index in [1.165, 1.54) is 0 Å². The first kappa shape index (κ1) is 18.2. The Morgan fingerprint density at radius 2 is 2.04 bits per heavy atom. The second-order valence-electron chi connectivity index (χ2n) is 6.53. The van der Waals surface area contributed by atoms with E-state index in [4.69, 9.17) is 11.6 Å². The zero-order valence-corrected chi connectivity index (χ0v) is 15.9. The minimum atomic E-state index is -0.0229. The second kappa shape index (κ2) is 8.23. The van der Waals surface area contributed by atoms with Crippen molar-refractivity contribution in [3.63, 3.8) is 0 Å². The fraction of sp³-hybridized carbons (Fsp3) is 0.136. The third kappa shape index (κ3) is 4.05. The predicted molar refractivity (Wildman–Crippen MR) is 112 cm³/mol. The van der Waals surface area contributed by atoms with Crippen LogP contribution in [0.5, 0.6) is 0 Å². The second-order valence-corrected chi connectivity index (χ2v) is 6.96. The SMILES string of the molecule is O=C(CCCc1c(-c2ccccn2)[nH]c2ccc(Cl)cc12)Nc1cccnc1. The van der Waals surface area contributed by atoms with Crippen molar-refractivity contribution >= 4 is 34.1 Å². The number of nitrogens with zero attached hydrogens (tertiary/aromatic N) is 2. The molecule has 6 heteroatoms. The minimum Gasteiger partial charge on any atom is -0.353 e. The van der Waals surface area contributed by atoms with E-state index in [1.54, 1.807) is 24.7 Å². The summed E-state index contributed by atoms with van der Waals surface area (Å²) in [5.41, 5.74) is 4.71. The van der Waals surface area contributed by atoms with Gasteiger partial charge in [-0.05, 0) is 60.9 Å². The number of hydrogen-bond acceptors (Lipinski definition) is 3. The van der Waals surface area contributed by atoms with Crippen molar-refractivity contribution in [2.45, 2.75) is 19.3 Å². The van der Waals surface area contributed by atoms with Crippen molar-refractivity contribution in [1.29, 1.82) is 0 Å². The van der Waals surface area contributed by atoms with Crippen LogP contribution in [0.4, 0.5) is 5.69 Å². The number of aryl methyl sites for hydroxylation is 1. The van der Waals surface area contributed by atoms with Gasteiger partial charge in [0.05, 0.1) is 23.3 Å². The number of carbonyl (C=O) groups is 1. The fourth-order valence-electron chi connectivity index (χ4n) is 3.29. The normalized spacial score (nSPS) is 10.9. The smallest absolute Gasteiger partial charge is 0.224 e. The van der Waals surface area contributed by atoms with Gasteiger partial charge in [-0.1, -0.05) is 17.7 Å². The summed E-state index contributed by atoms with van der Waals surface area (Å²) >= 11 is 6.22. The Morgan fingerprint density at radius 3 is 2.82 bits per heavy atom. The summed E-state index contributed by atoms with van der Waals surface area (Å²) in [5.74, 6) is -0.0229. The van der Waals surface area contributed by atoms with Crippen molar-refractivity contribution in [2.75, 3.05) is 5.32 Å². The Bertz CT molecular complexity index is 1090. The molecule has 0 atom stereocenters. The van der Waals surface area contributed by atoms with Crippen LogP contribution in [0.25, 0.3) is 22.3 Å². The molecule has 0 unspecified atom stereocenters. The zero-order valence-electron chi connectivity index (χ0n) is 15.2. The average Bonchev–Trinajstić information content (AvgIpc) is 3.07. The molecule has 2 N–H and O–H groups in total. The van der Waals surface area contributed by atoms with E-state index in [1.807, 2.05) is 42.5 Å². The van der Waals surface area contributed by atoms with Gasteiger partial charge in [-0.25, -0.2) is 0 Å². The molecule has 1 amide bonds. The zero-order chi connectivity index (χ0) is 19.3. The molecule has 0 bridgehead atoms. The average molecular weight is 391 g/mol. The van der Waals surface area contributed by atoms with E-state index in [2.05, 4.69) is 20.3 Å². The minimum absolute atomic E-state index is 0.0229. The molecule has 3 aromatic heterocycles. The molecule has 0 aliphatic carbocycles. The molecule has 0 saturated carbocycles. The summed E-state index contributed by atoms with van der Waals surface area (Å²) < 4.78 is 0. The van der Waals surface area contributed by atoms with E-state index in [-0.39, 0.29) is 5.91 Å². The van der Waals surface area contributed by atoms with Crippen LogP contribution in [-0.4, -0.2) is 20.9 Å². The molecule has 0 aliphatic heterocycles. The lowest BCUT2D eigenvalue weighted by atomic mass is 10.0. The number of nitrogens with one attached hydrogen (secondary N) is 2. The summed E-state index contributed by atoms with van der Waals surface area (Å²) in [7, 11) is 0. The lowest BCUT2D eigenvalue weighted by Gasteiger charge is -2.06. The van der Waals surface area contributed by atoms with Crippen molar-refractivity contribution in [1.82, 2.24) is 15.0 Å². The standard InChI is InChI=1S/C22H19ClN4O/c23-15-9-10-19-18(13-15)17(22(27-19)20-7-1-2-12-25-20)6-3-8-21(28)26-16-5-4-11-24-14-16/h1-2,4-5,7,9-14,27H,3,6,8H2,(H,26,28). The molecule has 4 rings (SSSR count). The first-order valence-corrected chi connectivity index (χ1v) is 9.50. The number of benzene rings is 1. The number of rotatable bonds is 6. The lowest BCUT2D eigenvalue weighted by Crippen LogP contribution is -2.11. The molecule has 3 heterocycles. The highest BCUT2D eigenvalue weighted by Crippen LogP contribution is 2.32. The number of aromatic nitrogens is 3. The molecule has 140 valence electrons. The molecule has 5 nitrogen and oxygen atoms in total. The molecular formula is C22H19ClN4O. The highest BCUT2D eigenvalue weighted by Gasteiger charge is 2.15. The predicted octanol–water partition coefficient (Wildman–Crippen LogP) is 5.24. The maximum atomic E-state index is 12.2. The van der Waals surface area contributed by atoms with Gasteiger partial charge in [-0.15, -0.1) is 0 Å². The Labute approximate surface area is 167 Å². The van der Waals surface area contributed by atoms with Crippen LogP contribution in [0.3, 0.4) is 0 Å². The van der Waals surface area contributed by atoms with Crippen LogP contribution in [0.1, 0.15) is 18.4 Å². The molecular weight excluding hydrogens is 372 g/mol. The molecule has 0 fully saturated rings. The fourth-order valence-corrected chi connectivity index (χ4v) is 3.47. The maximum Gasteiger partial charge on any atom is 0.224 e. The van der Waals surface area contributed by atoms with Gasteiger partial charge in [0.1, 0.15) is 0 Å². The monoisotopic (exact) mass is 390 g/mol. The van der Waals surface area contributed by atoms with Crippen LogP contribution in [0, 0.1) is 0 Å². The molecule has 0 spiro atoms. The summed E-state index contributed by atoms with van der Waals surface area (Å²) in [6.45, 7) is 0. The Balaban J connectivity index is 1.54. The number of aromatic amines is 1. The van der Waals surface area contributed by atoms with Crippen LogP contribution >= 0.6 is 11.6 Å². The molecule has 4 aromatic rings. The molecule has 0 aliphatic rings. The number of fused-ring (bicyclic) bond motifs is 1. The number of H-pyrrole nitrogens is 1. The number of hydrogen-bond donors (Lipinski definition) is 2. The largest absolute Gasteiger partial charge is 0.353 e. The van der Waals surface area contributed by atoms with Gasteiger partial charge in [0.2, 0.25) is 5.91 Å². The summed E-state index contributed by atoms with van der Waals surface area (Å²) in [6.07, 6.45) is 6.97. The van der Waals surface area contributed by atoms with Gasteiger partial charge in [0.25, 0.3) is 0 Å². The van der Waals surface area contributed by atoms with Crippen molar-refractivity contribution in [3.05, 3.63) is 77.7 Å². The van der Waals surface area contributed by atoms with Gasteiger partial charge in [0, 0.05) is 34.7 Å². The van der Waals surface area contributed by atoms with Gasteiger partial charge in [0.15, 0.2) is 0 Å². The van der Waals surface area contributed by atoms with Crippen molar-refractivity contribution in [3.8, 4) is 11.4 Å². The Morgan fingerprint density at radius 1 is 1.11 bits per heavy atom. The number of halogens is 1. The van der Waals surface area contributed by atoms with Crippen LogP contribution in [0.2, 0.25) is 5.02 Å². The van der Waals surface area contributed by atoms with E-state index in [0.717, 1.165) is 34.3 Å². The van der Waals surface area contributed by atoms with Gasteiger partial charge in [-0.2, -0.15) is 0 Å².